The molecule has 3 nitrogen and oxygen atoms in total. The van der Waals surface area contributed by atoms with Gasteiger partial charge in [-0.1, -0.05) is 6.92 Å². The molecule has 2 aliphatic rings. The van der Waals surface area contributed by atoms with Gasteiger partial charge in [-0.25, -0.2) is 0 Å². The second-order valence-electron chi connectivity index (χ2n) is 5.68. The summed E-state index contributed by atoms with van der Waals surface area (Å²) in [5.41, 5.74) is 0. The topological polar surface area (TPSA) is 24.5 Å². The van der Waals surface area contributed by atoms with Crippen LogP contribution in [0.15, 0.2) is 0 Å². The lowest BCUT2D eigenvalue weighted by Gasteiger charge is -2.30. The van der Waals surface area contributed by atoms with Crippen molar-refractivity contribution in [2.75, 3.05) is 45.9 Å². The van der Waals surface area contributed by atoms with Crippen LogP contribution in [0.25, 0.3) is 0 Å². The molecule has 0 aromatic rings. The highest BCUT2D eigenvalue weighted by atomic mass is 16.5. The first-order valence-electron chi connectivity index (χ1n) is 7.37. The number of nitrogens with zero attached hydrogens (tertiary/aromatic N) is 1. The SMILES string of the molecule is CC(CCN1CCCOCC1)C1CCCNC1. The molecular weight excluding hydrogens is 212 g/mol. The molecule has 2 heterocycles. The second-order valence-corrected chi connectivity index (χ2v) is 5.68. The molecule has 2 fully saturated rings. The summed E-state index contributed by atoms with van der Waals surface area (Å²) in [7, 11) is 0. The number of piperidine rings is 1. The van der Waals surface area contributed by atoms with Gasteiger partial charge >= 0.3 is 0 Å². The lowest BCUT2D eigenvalue weighted by Crippen LogP contribution is -2.35. The van der Waals surface area contributed by atoms with Gasteiger partial charge in [0.05, 0.1) is 6.61 Å². The van der Waals surface area contributed by atoms with Gasteiger partial charge in [-0.2, -0.15) is 0 Å². The Hall–Kier alpha value is -0.120. The molecular formula is C14H28N2O. The molecule has 2 atom stereocenters. The summed E-state index contributed by atoms with van der Waals surface area (Å²) in [6.45, 7) is 10.4. The Balaban J connectivity index is 1.65. The van der Waals surface area contributed by atoms with Crippen molar-refractivity contribution in [3.8, 4) is 0 Å². The van der Waals surface area contributed by atoms with Crippen LogP contribution in [0.4, 0.5) is 0 Å². The molecule has 0 spiro atoms. The molecule has 2 rings (SSSR count). The molecule has 0 saturated carbocycles. The Bertz CT molecular complexity index is 196. The summed E-state index contributed by atoms with van der Waals surface area (Å²) in [5, 5.41) is 3.53. The van der Waals surface area contributed by atoms with Crippen molar-refractivity contribution in [1.29, 1.82) is 0 Å². The average molecular weight is 240 g/mol. The predicted octanol–water partition coefficient (Wildman–Crippen LogP) is 1.73. The standard InChI is InChI=1S/C14H28N2O/c1-13(14-4-2-6-15-12-14)5-8-16-7-3-10-17-11-9-16/h13-15H,2-12H2,1H3. The zero-order chi connectivity index (χ0) is 11.9. The Morgan fingerprint density at radius 3 is 3.06 bits per heavy atom. The Kier molecular flexibility index (Phi) is 5.75. The molecule has 2 saturated heterocycles. The van der Waals surface area contributed by atoms with Crippen LogP contribution >= 0.6 is 0 Å². The second kappa shape index (κ2) is 7.34. The first-order chi connectivity index (χ1) is 8.36. The van der Waals surface area contributed by atoms with Crippen molar-refractivity contribution in [2.24, 2.45) is 11.8 Å². The van der Waals surface area contributed by atoms with Gasteiger partial charge in [-0.15, -0.1) is 0 Å². The fourth-order valence-electron chi connectivity index (χ4n) is 3.01. The van der Waals surface area contributed by atoms with E-state index in [1.165, 1.54) is 51.9 Å². The highest BCUT2D eigenvalue weighted by Crippen LogP contribution is 2.22. The maximum Gasteiger partial charge on any atom is 0.0593 e. The summed E-state index contributed by atoms with van der Waals surface area (Å²) in [4.78, 5) is 2.58. The highest BCUT2D eigenvalue weighted by molar-refractivity contribution is 4.75. The lowest BCUT2D eigenvalue weighted by molar-refractivity contribution is 0.139. The molecule has 0 bridgehead atoms. The van der Waals surface area contributed by atoms with Crippen LogP contribution in [0.2, 0.25) is 0 Å². The van der Waals surface area contributed by atoms with E-state index in [1.54, 1.807) is 0 Å². The molecule has 0 aromatic carbocycles. The number of hydrogen-bond acceptors (Lipinski definition) is 3. The van der Waals surface area contributed by atoms with E-state index in [9.17, 15) is 0 Å². The van der Waals surface area contributed by atoms with E-state index in [-0.39, 0.29) is 0 Å². The number of hydrogen-bond donors (Lipinski definition) is 1. The minimum Gasteiger partial charge on any atom is -0.380 e. The van der Waals surface area contributed by atoms with Gasteiger partial charge < -0.3 is 15.0 Å². The van der Waals surface area contributed by atoms with Crippen molar-refractivity contribution in [3.05, 3.63) is 0 Å². The van der Waals surface area contributed by atoms with E-state index in [4.69, 9.17) is 4.74 Å². The fourth-order valence-corrected chi connectivity index (χ4v) is 3.01. The van der Waals surface area contributed by atoms with E-state index in [0.717, 1.165) is 31.6 Å². The number of ether oxygens (including phenoxy) is 1. The Morgan fingerprint density at radius 2 is 2.24 bits per heavy atom. The van der Waals surface area contributed by atoms with Crippen LogP contribution in [0.1, 0.15) is 32.6 Å². The van der Waals surface area contributed by atoms with Crippen LogP contribution in [0.5, 0.6) is 0 Å². The van der Waals surface area contributed by atoms with E-state index < -0.39 is 0 Å². The van der Waals surface area contributed by atoms with Gasteiger partial charge in [0, 0.05) is 19.7 Å². The van der Waals surface area contributed by atoms with E-state index in [2.05, 4.69) is 17.1 Å². The van der Waals surface area contributed by atoms with Gasteiger partial charge in [0.15, 0.2) is 0 Å². The van der Waals surface area contributed by atoms with Gasteiger partial charge in [-0.3, -0.25) is 0 Å². The van der Waals surface area contributed by atoms with Crippen LogP contribution in [0.3, 0.4) is 0 Å². The van der Waals surface area contributed by atoms with E-state index >= 15 is 0 Å². The van der Waals surface area contributed by atoms with E-state index in [0.29, 0.717) is 0 Å². The molecule has 100 valence electrons. The molecule has 17 heavy (non-hydrogen) atoms. The summed E-state index contributed by atoms with van der Waals surface area (Å²) in [5.74, 6) is 1.78. The molecule has 0 aromatic heterocycles. The Labute approximate surface area is 106 Å². The quantitative estimate of drug-likeness (QED) is 0.810. The monoisotopic (exact) mass is 240 g/mol. The summed E-state index contributed by atoms with van der Waals surface area (Å²) in [6, 6.07) is 0. The van der Waals surface area contributed by atoms with Crippen molar-refractivity contribution in [2.45, 2.75) is 32.6 Å². The molecule has 0 amide bonds. The third-order valence-electron chi connectivity index (χ3n) is 4.36. The maximum atomic E-state index is 5.50. The zero-order valence-electron chi connectivity index (χ0n) is 11.3. The summed E-state index contributed by atoms with van der Waals surface area (Å²) in [6.07, 6.45) is 5.36. The van der Waals surface area contributed by atoms with E-state index in [1.807, 2.05) is 0 Å². The highest BCUT2D eigenvalue weighted by Gasteiger charge is 2.20. The summed E-state index contributed by atoms with van der Waals surface area (Å²) < 4.78 is 5.50. The van der Waals surface area contributed by atoms with Gasteiger partial charge in [-0.05, 0) is 57.2 Å². The molecule has 3 heteroatoms. The average Bonchev–Trinajstić information content (AvgIpc) is 2.65. The molecule has 2 unspecified atom stereocenters. The van der Waals surface area contributed by atoms with Gasteiger partial charge in [0.1, 0.15) is 0 Å². The fraction of sp³-hybridized carbons (Fsp3) is 1.00. The Morgan fingerprint density at radius 1 is 1.29 bits per heavy atom. The zero-order valence-corrected chi connectivity index (χ0v) is 11.3. The van der Waals surface area contributed by atoms with Crippen LogP contribution in [-0.2, 0) is 4.74 Å². The largest absolute Gasteiger partial charge is 0.380 e. The number of nitrogens with one attached hydrogen (secondary N) is 1. The molecule has 0 aliphatic carbocycles. The minimum atomic E-state index is 0.868. The van der Waals surface area contributed by atoms with Crippen LogP contribution in [0, 0.1) is 11.8 Å². The first-order valence-corrected chi connectivity index (χ1v) is 7.37. The molecule has 2 aliphatic heterocycles. The first kappa shape index (κ1) is 13.3. The third kappa shape index (κ3) is 4.57. The molecule has 1 N–H and O–H groups in total. The van der Waals surface area contributed by atoms with Crippen LogP contribution < -0.4 is 5.32 Å². The predicted molar refractivity (Wildman–Crippen MR) is 71.3 cm³/mol. The van der Waals surface area contributed by atoms with Crippen LogP contribution in [-0.4, -0.2) is 50.8 Å². The maximum absolute atomic E-state index is 5.50. The van der Waals surface area contributed by atoms with Crippen molar-refractivity contribution in [1.82, 2.24) is 10.2 Å². The third-order valence-corrected chi connectivity index (χ3v) is 4.36. The van der Waals surface area contributed by atoms with Crippen molar-refractivity contribution < 1.29 is 4.74 Å². The normalized spacial score (nSPS) is 29.8. The van der Waals surface area contributed by atoms with Gasteiger partial charge in [0.25, 0.3) is 0 Å². The lowest BCUT2D eigenvalue weighted by atomic mass is 9.85. The van der Waals surface area contributed by atoms with Gasteiger partial charge in [0.2, 0.25) is 0 Å². The minimum absolute atomic E-state index is 0.868. The van der Waals surface area contributed by atoms with Crippen molar-refractivity contribution in [3.63, 3.8) is 0 Å². The number of rotatable bonds is 4. The summed E-state index contributed by atoms with van der Waals surface area (Å²) >= 11 is 0. The van der Waals surface area contributed by atoms with Crippen molar-refractivity contribution >= 4 is 0 Å². The smallest absolute Gasteiger partial charge is 0.0593 e. The molecule has 0 radical (unpaired) electrons.